The number of halogens is 2. The molecule has 0 spiro atoms. The molecule has 2 unspecified atom stereocenters. The van der Waals surface area contributed by atoms with Crippen molar-refractivity contribution in [1.82, 2.24) is 10.2 Å². The van der Waals surface area contributed by atoms with Gasteiger partial charge in [-0.05, 0) is 48.7 Å². The number of hydrogen-bond donors (Lipinski definition) is 2. The zero-order valence-electron chi connectivity index (χ0n) is 24.4. The van der Waals surface area contributed by atoms with Gasteiger partial charge in [-0.1, -0.05) is 59.6 Å². The van der Waals surface area contributed by atoms with E-state index in [1.807, 2.05) is 36.4 Å². The largest absolute Gasteiger partial charge is 0.482 e. The molecule has 2 heterocycles. The van der Waals surface area contributed by atoms with E-state index in [2.05, 4.69) is 14.9 Å². The lowest BCUT2D eigenvalue weighted by atomic mass is 9.99. The van der Waals surface area contributed by atoms with E-state index in [1.165, 1.54) is 11.0 Å². The van der Waals surface area contributed by atoms with E-state index in [-0.39, 0.29) is 35.2 Å². The third kappa shape index (κ3) is 7.47. The first-order chi connectivity index (χ1) is 21.0. The summed E-state index contributed by atoms with van der Waals surface area (Å²) >= 11 is 12.4. The number of carbonyl (C=O) groups is 2. The molecule has 2 amide bonds. The number of nitrogens with one attached hydrogen (secondary N) is 2. The van der Waals surface area contributed by atoms with Crippen molar-refractivity contribution in [1.29, 1.82) is 0 Å². The molecular weight excluding hydrogens is 627 g/mol. The van der Waals surface area contributed by atoms with Crippen LogP contribution < -0.4 is 19.7 Å². The molecule has 1 saturated heterocycles. The molecule has 1 fully saturated rings. The van der Waals surface area contributed by atoms with E-state index in [0.717, 1.165) is 29.8 Å². The first-order valence-electron chi connectivity index (χ1n) is 14.3. The quantitative estimate of drug-likeness (QED) is 0.323. The van der Waals surface area contributed by atoms with Crippen molar-refractivity contribution in [3.63, 3.8) is 0 Å². The second-order valence-electron chi connectivity index (χ2n) is 10.6. The van der Waals surface area contributed by atoms with E-state index < -0.39 is 16.1 Å². The van der Waals surface area contributed by atoms with Gasteiger partial charge in [0.15, 0.2) is 6.61 Å². The molecular formula is C31H34Cl2N4O6S. The van der Waals surface area contributed by atoms with Gasteiger partial charge in [0.1, 0.15) is 11.8 Å². The fourth-order valence-electron chi connectivity index (χ4n) is 5.17. The summed E-state index contributed by atoms with van der Waals surface area (Å²) in [4.78, 5) is 30.3. The molecule has 2 aliphatic rings. The highest BCUT2D eigenvalue weighted by Crippen LogP contribution is 2.39. The normalized spacial score (nSPS) is 16.9. The summed E-state index contributed by atoms with van der Waals surface area (Å²) in [6.45, 7) is 6.30. The van der Waals surface area contributed by atoms with Gasteiger partial charge < -0.3 is 14.8 Å². The van der Waals surface area contributed by atoms with Crippen LogP contribution in [0.5, 0.6) is 5.75 Å². The maximum Gasteiger partial charge on any atom is 0.265 e. The van der Waals surface area contributed by atoms with Crippen LogP contribution in [0.1, 0.15) is 25.5 Å². The van der Waals surface area contributed by atoms with Gasteiger partial charge in [-0.25, -0.2) is 8.42 Å². The number of hydrogen-bond acceptors (Lipinski definition) is 7. The first-order valence-corrected chi connectivity index (χ1v) is 16.7. The molecule has 234 valence electrons. The number of morpholine rings is 1. The topological polar surface area (TPSA) is 117 Å². The third-order valence-electron chi connectivity index (χ3n) is 7.69. The van der Waals surface area contributed by atoms with Gasteiger partial charge in [0.2, 0.25) is 15.9 Å². The average Bonchev–Trinajstić information content (AvgIpc) is 3.02. The fourth-order valence-corrected chi connectivity index (χ4v) is 6.12. The highest BCUT2D eigenvalue weighted by Gasteiger charge is 2.35. The highest BCUT2D eigenvalue weighted by atomic mass is 35.5. The van der Waals surface area contributed by atoms with Crippen molar-refractivity contribution in [2.45, 2.75) is 25.9 Å². The van der Waals surface area contributed by atoms with Gasteiger partial charge in [0.05, 0.1) is 40.7 Å². The number of nitrogens with zero attached hydrogens (tertiary/aromatic N) is 2. The van der Waals surface area contributed by atoms with Gasteiger partial charge in [0.25, 0.3) is 5.91 Å². The van der Waals surface area contributed by atoms with Crippen LogP contribution in [0.2, 0.25) is 10.0 Å². The van der Waals surface area contributed by atoms with Gasteiger partial charge in [-0.2, -0.15) is 0 Å². The van der Waals surface area contributed by atoms with E-state index in [1.54, 1.807) is 32.0 Å². The van der Waals surface area contributed by atoms with Crippen LogP contribution in [0.15, 0.2) is 60.7 Å². The monoisotopic (exact) mass is 660 g/mol. The Morgan fingerprint density at radius 1 is 0.977 bits per heavy atom. The Hall–Kier alpha value is -3.35. The number of carbonyl (C=O) groups excluding carboxylic acids is 2. The van der Waals surface area contributed by atoms with Gasteiger partial charge in [-0.3, -0.25) is 24.1 Å². The zero-order chi connectivity index (χ0) is 31.4. The van der Waals surface area contributed by atoms with Crippen LogP contribution in [0.25, 0.3) is 11.1 Å². The summed E-state index contributed by atoms with van der Waals surface area (Å²) < 4.78 is 37.4. The minimum atomic E-state index is -3.36. The van der Waals surface area contributed by atoms with Crippen LogP contribution in [0, 0.1) is 0 Å². The number of ether oxygens (including phenoxy) is 2. The van der Waals surface area contributed by atoms with Crippen molar-refractivity contribution < 1.29 is 27.5 Å². The van der Waals surface area contributed by atoms with Crippen LogP contribution in [-0.4, -0.2) is 76.4 Å². The first kappa shape index (κ1) is 32.1. The molecule has 0 saturated carbocycles. The summed E-state index contributed by atoms with van der Waals surface area (Å²) in [5.41, 5.74) is 3.65. The van der Waals surface area contributed by atoms with E-state index in [0.29, 0.717) is 41.9 Å². The lowest BCUT2D eigenvalue weighted by Crippen LogP contribution is -2.53. The molecule has 44 heavy (non-hydrogen) atoms. The molecule has 10 nitrogen and oxygen atoms in total. The Morgan fingerprint density at radius 2 is 1.59 bits per heavy atom. The van der Waals surface area contributed by atoms with Crippen molar-refractivity contribution in [3.05, 3.63) is 76.3 Å². The predicted octanol–water partition coefficient (Wildman–Crippen LogP) is 4.73. The minimum Gasteiger partial charge on any atom is -0.482 e. The van der Waals surface area contributed by atoms with Crippen LogP contribution in [0.4, 0.5) is 11.4 Å². The third-order valence-corrected chi connectivity index (χ3v) is 9.72. The summed E-state index contributed by atoms with van der Waals surface area (Å²) in [6, 6.07) is 16.9. The molecule has 0 radical (unpaired) electrons. The molecule has 2 aliphatic heterocycles. The van der Waals surface area contributed by atoms with Gasteiger partial charge in [0, 0.05) is 31.4 Å². The smallest absolute Gasteiger partial charge is 0.265 e. The number of anilines is 2. The van der Waals surface area contributed by atoms with Crippen molar-refractivity contribution in [3.8, 4) is 16.9 Å². The highest BCUT2D eigenvalue weighted by molar-refractivity contribution is 7.92. The summed E-state index contributed by atoms with van der Waals surface area (Å²) in [5, 5.41) is 3.72. The minimum absolute atomic E-state index is 0.00355. The molecule has 2 N–H and O–H groups in total. The lowest BCUT2D eigenvalue weighted by Gasteiger charge is -2.35. The van der Waals surface area contributed by atoms with E-state index in [9.17, 15) is 18.0 Å². The number of rotatable bonds is 10. The maximum absolute atomic E-state index is 13.7. The van der Waals surface area contributed by atoms with Crippen LogP contribution in [-0.2, 0) is 24.3 Å². The zero-order valence-corrected chi connectivity index (χ0v) is 26.7. The van der Waals surface area contributed by atoms with Gasteiger partial charge in [-0.15, -0.1) is 0 Å². The van der Waals surface area contributed by atoms with Crippen molar-refractivity contribution in [2.24, 2.45) is 0 Å². The summed E-state index contributed by atoms with van der Waals surface area (Å²) in [5.74, 6) is -0.308. The van der Waals surface area contributed by atoms with Crippen LogP contribution >= 0.6 is 23.2 Å². The Bertz CT molecular complexity index is 1610. The maximum atomic E-state index is 13.7. The Balaban J connectivity index is 1.36. The summed E-state index contributed by atoms with van der Waals surface area (Å²) in [7, 11) is -3.36. The summed E-state index contributed by atoms with van der Waals surface area (Å²) in [6.07, 6.45) is 0. The van der Waals surface area contributed by atoms with Crippen LogP contribution in [0.3, 0.4) is 0 Å². The Morgan fingerprint density at radius 3 is 2.23 bits per heavy atom. The SMILES string of the molecule is CCS(=O)(=O)Nc1ccc(-c2ccc(C(CN3CCOCC3)NC(=O)C(C)N3C(=O)COc4cc(Cl)c(Cl)cc43)cc2)cc1. The lowest BCUT2D eigenvalue weighted by molar-refractivity contribution is -0.128. The fraction of sp³-hybridized carbons (Fsp3) is 0.355. The molecule has 0 bridgehead atoms. The number of sulfonamides is 1. The second-order valence-corrected chi connectivity index (χ2v) is 13.5. The van der Waals surface area contributed by atoms with Crippen molar-refractivity contribution in [2.75, 3.05) is 54.8 Å². The number of fused-ring (bicyclic) bond motifs is 1. The molecule has 3 aromatic carbocycles. The van der Waals surface area contributed by atoms with E-state index >= 15 is 0 Å². The van der Waals surface area contributed by atoms with Gasteiger partial charge >= 0.3 is 0 Å². The molecule has 5 rings (SSSR count). The molecule has 13 heteroatoms. The molecule has 0 aliphatic carbocycles. The second kappa shape index (κ2) is 13.7. The molecule has 2 atom stereocenters. The Kier molecular flexibility index (Phi) is 10.0. The number of amides is 2. The molecule has 3 aromatic rings. The predicted molar refractivity (Wildman–Crippen MR) is 172 cm³/mol. The Labute approximate surface area is 267 Å². The standard InChI is InChI=1S/C31H34Cl2N4O6S/c1-3-44(40,41)35-24-10-8-22(9-11-24)21-4-6-23(7-5-21)27(18-36-12-14-42-15-13-36)34-31(39)20(2)37-28-16-25(32)26(33)17-29(28)43-19-30(37)38/h4-11,16-17,20,27,35H,3,12-15,18-19H2,1-2H3,(H,34,39). The number of benzene rings is 3. The average molecular weight is 662 g/mol. The van der Waals surface area contributed by atoms with Crippen molar-refractivity contribution >= 4 is 56.4 Å². The molecule has 0 aromatic heterocycles. The van der Waals surface area contributed by atoms with E-state index in [4.69, 9.17) is 32.7 Å².